The van der Waals surface area contributed by atoms with Gasteiger partial charge >= 0.3 is 0 Å². The minimum atomic E-state index is 0.0573. The van der Waals surface area contributed by atoms with E-state index >= 15 is 0 Å². The lowest BCUT2D eigenvalue weighted by Crippen LogP contribution is -2.39. The van der Waals surface area contributed by atoms with Gasteiger partial charge in [0.05, 0.1) is 12.7 Å². The molecule has 0 radical (unpaired) electrons. The first-order chi connectivity index (χ1) is 13.7. The van der Waals surface area contributed by atoms with E-state index in [9.17, 15) is 4.79 Å². The van der Waals surface area contributed by atoms with Crippen molar-refractivity contribution in [3.63, 3.8) is 0 Å². The van der Waals surface area contributed by atoms with Gasteiger partial charge in [0.2, 0.25) is 0 Å². The van der Waals surface area contributed by atoms with Crippen LogP contribution in [0.5, 0.6) is 5.75 Å². The second-order valence-electron chi connectivity index (χ2n) is 7.12. The van der Waals surface area contributed by atoms with Crippen LogP contribution in [0.2, 0.25) is 0 Å². The number of hydrogen-bond acceptors (Lipinski definition) is 5. The number of amides is 1. The van der Waals surface area contributed by atoms with Gasteiger partial charge in [0, 0.05) is 24.6 Å². The molecule has 3 aromatic rings. The van der Waals surface area contributed by atoms with E-state index in [2.05, 4.69) is 10.1 Å². The van der Waals surface area contributed by atoms with Crippen LogP contribution in [0.1, 0.15) is 40.5 Å². The van der Waals surface area contributed by atoms with E-state index in [0.717, 1.165) is 36.1 Å². The lowest BCUT2D eigenvalue weighted by atomic mass is 9.96. The smallest absolute Gasteiger partial charge is 0.261 e. The second-order valence-corrected chi connectivity index (χ2v) is 7.12. The number of ether oxygens (including phenoxy) is 1. The van der Waals surface area contributed by atoms with Gasteiger partial charge in [-0.2, -0.15) is 4.98 Å². The van der Waals surface area contributed by atoms with Crippen molar-refractivity contribution in [1.29, 1.82) is 0 Å². The minimum absolute atomic E-state index is 0.0573. The standard InChI is InChI=1S/C22H23N3O3/c1-15-7-5-8-16(13-15)22(26)25-12-6-9-17(14-25)20-23-21(28-24-20)18-10-3-4-11-19(18)27-2/h3-5,7-8,10-11,13,17H,6,9,12,14H2,1-2H3. The summed E-state index contributed by atoms with van der Waals surface area (Å²) < 4.78 is 10.9. The Balaban J connectivity index is 1.52. The molecule has 28 heavy (non-hydrogen) atoms. The van der Waals surface area contributed by atoms with E-state index in [1.54, 1.807) is 7.11 Å². The highest BCUT2D eigenvalue weighted by molar-refractivity contribution is 5.94. The maximum Gasteiger partial charge on any atom is 0.261 e. The van der Waals surface area contributed by atoms with Crippen molar-refractivity contribution >= 4 is 5.91 Å². The molecule has 1 aliphatic heterocycles. The second kappa shape index (κ2) is 7.84. The molecule has 4 rings (SSSR count). The Kier molecular flexibility index (Phi) is 5.10. The van der Waals surface area contributed by atoms with E-state index in [-0.39, 0.29) is 11.8 Å². The monoisotopic (exact) mass is 377 g/mol. The van der Waals surface area contributed by atoms with Gasteiger partial charge in [-0.3, -0.25) is 4.79 Å². The van der Waals surface area contributed by atoms with Crippen LogP contribution in [-0.2, 0) is 0 Å². The van der Waals surface area contributed by atoms with Gasteiger partial charge in [0.25, 0.3) is 11.8 Å². The van der Waals surface area contributed by atoms with Crippen molar-refractivity contribution in [2.24, 2.45) is 0 Å². The topological polar surface area (TPSA) is 68.5 Å². The van der Waals surface area contributed by atoms with Gasteiger partial charge < -0.3 is 14.2 Å². The summed E-state index contributed by atoms with van der Waals surface area (Å²) in [5.74, 6) is 1.89. The number of methoxy groups -OCH3 is 1. The quantitative estimate of drug-likeness (QED) is 0.685. The minimum Gasteiger partial charge on any atom is -0.496 e. The Labute approximate surface area is 164 Å². The van der Waals surface area contributed by atoms with E-state index < -0.39 is 0 Å². The first-order valence-electron chi connectivity index (χ1n) is 9.48. The summed E-state index contributed by atoms with van der Waals surface area (Å²) in [6.07, 6.45) is 1.85. The maximum atomic E-state index is 12.9. The Morgan fingerprint density at radius 2 is 2.07 bits per heavy atom. The summed E-state index contributed by atoms with van der Waals surface area (Å²) >= 11 is 0. The number of para-hydroxylation sites is 1. The summed E-state index contributed by atoms with van der Waals surface area (Å²) in [5.41, 5.74) is 2.58. The van der Waals surface area contributed by atoms with Crippen molar-refractivity contribution in [2.45, 2.75) is 25.7 Å². The van der Waals surface area contributed by atoms with Crippen LogP contribution in [0.15, 0.2) is 53.1 Å². The van der Waals surface area contributed by atoms with Gasteiger partial charge in [-0.05, 0) is 44.0 Å². The third kappa shape index (κ3) is 3.63. The fourth-order valence-electron chi connectivity index (χ4n) is 3.66. The van der Waals surface area contributed by atoms with Crippen LogP contribution < -0.4 is 4.74 Å². The molecule has 1 amide bonds. The Morgan fingerprint density at radius 3 is 2.89 bits per heavy atom. The Hall–Kier alpha value is -3.15. The molecule has 2 heterocycles. The van der Waals surface area contributed by atoms with E-state index in [0.29, 0.717) is 24.0 Å². The van der Waals surface area contributed by atoms with Crippen molar-refractivity contribution in [1.82, 2.24) is 15.0 Å². The predicted molar refractivity (Wildman–Crippen MR) is 105 cm³/mol. The fourth-order valence-corrected chi connectivity index (χ4v) is 3.66. The molecule has 0 bridgehead atoms. The summed E-state index contributed by atoms with van der Waals surface area (Å²) in [7, 11) is 1.62. The van der Waals surface area contributed by atoms with Crippen LogP contribution in [-0.4, -0.2) is 41.1 Å². The van der Waals surface area contributed by atoms with Gasteiger partial charge in [-0.15, -0.1) is 0 Å². The highest BCUT2D eigenvalue weighted by Crippen LogP contribution is 2.31. The van der Waals surface area contributed by atoms with Gasteiger partial charge in [0.1, 0.15) is 5.75 Å². The van der Waals surface area contributed by atoms with Gasteiger partial charge in [-0.1, -0.05) is 35.0 Å². The number of aryl methyl sites for hydroxylation is 1. The molecule has 1 saturated heterocycles. The zero-order valence-electron chi connectivity index (χ0n) is 16.1. The van der Waals surface area contributed by atoms with E-state index in [1.807, 2.05) is 60.4 Å². The number of aromatic nitrogens is 2. The van der Waals surface area contributed by atoms with Crippen molar-refractivity contribution in [3.05, 3.63) is 65.5 Å². The van der Waals surface area contributed by atoms with Crippen LogP contribution in [0.25, 0.3) is 11.5 Å². The third-order valence-electron chi connectivity index (χ3n) is 5.12. The number of hydrogen-bond donors (Lipinski definition) is 0. The molecular weight excluding hydrogens is 354 g/mol. The number of piperidine rings is 1. The molecule has 0 saturated carbocycles. The van der Waals surface area contributed by atoms with Crippen LogP contribution in [0, 0.1) is 6.92 Å². The zero-order valence-corrected chi connectivity index (χ0v) is 16.1. The van der Waals surface area contributed by atoms with Crippen molar-refractivity contribution in [2.75, 3.05) is 20.2 Å². The first-order valence-corrected chi connectivity index (χ1v) is 9.48. The molecule has 6 nitrogen and oxygen atoms in total. The number of benzene rings is 2. The van der Waals surface area contributed by atoms with Crippen LogP contribution >= 0.6 is 0 Å². The lowest BCUT2D eigenvalue weighted by molar-refractivity contribution is 0.0703. The summed E-state index contributed by atoms with van der Waals surface area (Å²) in [4.78, 5) is 19.4. The number of rotatable bonds is 4. The average molecular weight is 377 g/mol. The van der Waals surface area contributed by atoms with Crippen LogP contribution in [0.3, 0.4) is 0 Å². The third-order valence-corrected chi connectivity index (χ3v) is 5.12. The summed E-state index contributed by atoms with van der Waals surface area (Å²) in [6.45, 7) is 3.34. The molecular formula is C22H23N3O3. The molecule has 0 spiro atoms. The fraction of sp³-hybridized carbons (Fsp3) is 0.318. The average Bonchev–Trinajstić information content (AvgIpc) is 3.23. The van der Waals surface area contributed by atoms with Crippen molar-refractivity contribution < 1.29 is 14.1 Å². The molecule has 144 valence electrons. The molecule has 1 fully saturated rings. The highest BCUT2D eigenvalue weighted by atomic mass is 16.5. The number of nitrogens with zero attached hydrogens (tertiary/aromatic N) is 3. The number of carbonyl (C=O) groups excluding carboxylic acids is 1. The van der Waals surface area contributed by atoms with Gasteiger partial charge in [-0.25, -0.2) is 0 Å². The normalized spacial score (nSPS) is 16.8. The van der Waals surface area contributed by atoms with E-state index in [4.69, 9.17) is 9.26 Å². The molecule has 0 N–H and O–H groups in total. The molecule has 2 aromatic carbocycles. The number of likely N-dealkylation sites (tertiary alicyclic amines) is 1. The highest BCUT2D eigenvalue weighted by Gasteiger charge is 2.29. The zero-order chi connectivity index (χ0) is 19.5. The molecule has 0 aliphatic carbocycles. The first kappa shape index (κ1) is 18.2. The molecule has 6 heteroatoms. The maximum absolute atomic E-state index is 12.9. The lowest BCUT2D eigenvalue weighted by Gasteiger charge is -2.31. The predicted octanol–water partition coefficient (Wildman–Crippen LogP) is 4.07. The Bertz CT molecular complexity index is 982. The van der Waals surface area contributed by atoms with Gasteiger partial charge in [0.15, 0.2) is 5.82 Å². The largest absolute Gasteiger partial charge is 0.496 e. The molecule has 1 unspecified atom stereocenters. The van der Waals surface area contributed by atoms with Crippen LogP contribution in [0.4, 0.5) is 0 Å². The summed E-state index contributed by atoms with van der Waals surface area (Å²) in [5, 5.41) is 4.19. The molecule has 1 atom stereocenters. The SMILES string of the molecule is COc1ccccc1-c1nc(C2CCCN(C(=O)c3cccc(C)c3)C2)no1. The molecule has 1 aromatic heterocycles. The number of carbonyl (C=O) groups is 1. The summed E-state index contributed by atoms with van der Waals surface area (Å²) in [6, 6.07) is 15.3. The van der Waals surface area contributed by atoms with E-state index in [1.165, 1.54) is 0 Å². The Morgan fingerprint density at radius 1 is 1.21 bits per heavy atom. The molecule has 1 aliphatic rings. The van der Waals surface area contributed by atoms with Crippen molar-refractivity contribution in [3.8, 4) is 17.2 Å².